The van der Waals surface area contributed by atoms with Crippen LogP contribution >= 0.6 is 15.9 Å². The minimum absolute atomic E-state index is 0.0324. The number of hydrogen-bond donors (Lipinski definition) is 2. The van der Waals surface area contributed by atoms with Crippen LogP contribution in [0.15, 0.2) is 22.7 Å². The van der Waals surface area contributed by atoms with Gasteiger partial charge in [-0.25, -0.2) is 13.6 Å². The van der Waals surface area contributed by atoms with E-state index in [1.54, 1.807) is 18.2 Å². The molecule has 0 fully saturated rings. The summed E-state index contributed by atoms with van der Waals surface area (Å²) in [6, 6.07) is 4.89. The van der Waals surface area contributed by atoms with Crippen molar-refractivity contribution in [3.63, 3.8) is 0 Å². The van der Waals surface area contributed by atoms with E-state index in [1.165, 1.54) is 0 Å². The third-order valence-corrected chi connectivity index (χ3v) is 2.47. The lowest BCUT2D eigenvalue weighted by Gasteiger charge is -2.09. The number of benzene rings is 1. The van der Waals surface area contributed by atoms with Crippen molar-refractivity contribution in [1.29, 1.82) is 0 Å². The maximum Gasteiger partial charge on any atom is 0.404 e. The number of alkyl halides is 2. The molecule has 2 N–H and O–H groups in total. The van der Waals surface area contributed by atoms with Gasteiger partial charge in [-0.1, -0.05) is 22.0 Å². The Balaban J connectivity index is 2.84. The summed E-state index contributed by atoms with van der Waals surface area (Å²) in [7, 11) is 0. The lowest BCUT2D eigenvalue weighted by molar-refractivity contribution is 0.148. The van der Waals surface area contributed by atoms with Gasteiger partial charge < -0.3 is 10.4 Å². The molecule has 0 aliphatic heterocycles. The molecule has 0 aromatic heterocycles. The maximum absolute atomic E-state index is 12.3. The minimum Gasteiger partial charge on any atom is -0.465 e. The van der Waals surface area contributed by atoms with Gasteiger partial charge in [0, 0.05) is 17.4 Å². The summed E-state index contributed by atoms with van der Waals surface area (Å²) >= 11 is 3.18. The highest BCUT2D eigenvalue weighted by atomic mass is 79.9. The van der Waals surface area contributed by atoms with E-state index in [0.29, 0.717) is 15.6 Å². The molecule has 0 heterocycles. The second-order valence-electron chi connectivity index (χ2n) is 3.17. The van der Waals surface area contributed by atoms with Crippen LogP contribution < -0.4 is 5.32 Å². The lowest BCUT2D eigenvalue weighted by Crippen LogP contribution is -2.21. The molecule has 1 amide bonds. The summed E-state index contributed by atoms with van der Waals surface area (Å²) in [4.78, 5) is 10.3. The van der Waals surface area contributed by atoms with E-state index in [2.05, 4.69) is 21.2 Å². The molecule has 0 aliphatic rings. The summed E-state index contributed by atoms with van der Waals surface area (Å²) in [6.45, 7) is 0.0324. The Kier molecular flexibility index (Phi) is 4.67. The zero-order valence-electron chi connectivity index (χ0n) is 8.21. The Morgan fingerprint density at radius 1 is 1.44 bits per heavy atom. The molecular formula is C10H10BrF2NO2. The first-order valence-corrected chi connectivity index (χ1v) is 5.30. The molecule has 1 rings (SSSR count). The molecule has 1 aromatic rings. The van der Waals surface area contributed by atoms with Crippen molar-refractivity contribution in [2.45, 2.75) is 19.4 Å². The van der Waals surface area contributed by atoms with Crippen LogP contribution in [0.4, 0.5) is 13.6 Å². The van der Waals surface area contributed by atoms with Gasteiger partial charge in [0.05, 0.1) is 0 Å². The second kappa shape index (κ2) is 5.79. The van der Waals surface area contributed by atoms with Gasteiger partial charge in [-0.15, -0.1) is 0 Å². The summed E-state index contributed by atoms with van der Waals surface area (Å²) in [5, 5.41) is 10.6. The van der Waals surface area contributed by atoms with E-state index in [-0.39, 0.29) is 13.0 Å². The second-order valence-corrected chi connectivity index (χ2v) is 4.08. The van der Waals surface area contributed by atoms with E-state index in [1.807, 2.05) is 0 Å². The maximum atomic E-state index is 12.3. The highest BCUT2D eigenvalue weighted by Gasteiger charge is 2.10. The number of halogens is 3. The first-order valence-electron chi connectivity index (χ1n) is 4.51. The zero-order chi connectivity index (χ0) is 12.1. The Morgan fingerprint density at radius 2 is 2.12 bits per heavy atom. The molecule has 0 aliphatic carbocycles. The molecule has 1 aromatic carbocycles. The lowest BCUT2D eigenvalue weighted by atomic mass is 10.0. The van der Waals surface area contributed by atoms with Crippen molar-refractivity contribution in [2.75, 3.05) is 0 Å². The van der Waals surface area contributed by atoms with Crippen LogP contribution in [0.5, 0.6) is 0 Å². The smallest absolute Gasteiger partial charge is 0.404 e. The largest absolute Gasteiger partial charge is 0.465 e. The van der Waals surface area contributed by atoms with E-state index in [9.17, 15) is 13.6 Å². The van der Waals surface area contributed by atoms with Crippen molar-refractivity contribution >= 4 is 22.0 Å². The predicted molar refractivity (Wildman–Crippen MR) is 58.7 cm³/mol. The van der Waals surface area contributed by atoms with Gasteiger partial charge in [-0.3, -0.25) is 0 Å². The first kappa shape index (κ1) is 12.9. The van der Waals surface area contributed by atoms with E-state index in [4.69, 9.17) is 5.11 Å². The number of rotatable bonds is 4. The van der Waals surface area contributed by atoms with Crippen LogP contribution in [-0.2, 0) is 13.0 Å². The van der Waals surface area contributed by atoms with Crippen molar-refractivity contribution in [3.05, 3.63) is 33.8 Å². The van der Waals surface area contributed by atoms with Gasteiger partial charge in [0.2, 0.25) is 6.43 Å². The fourth-order valence-electron chi connectivity index (χ4n) is 1.29. The molecule has 16 heavy (non-hydrogen) atoms. The van der Waals surface area contributed by atoms with Crippen molar-refractivity contribution in [1.82, 2.24) is 5.32 Å². The summed E-state index contributed by atoms with van der Waals surface area (Å²) in [6.07, 6.45) is -4.00. The average Bonchev–Trinajstić information content (AvgIpc) is 2.15. The number of amides is 1. The Morgan fingerprint density at radius 3 is 2.69 bits per heavy atom. The molecule has 3 nitrogen and oxygen atoms in total. The van der Waals surface area contributed by atoms with E-state index >= 15 is 0 Å². The number of carbonyl (C=O) groups is 1. The normalized spacial score (nSPS) is 10.5. The third kappa shape index (κ3) is 4.14. The number of hydrogen-bond acceptors (Lipinski definition) is 1. The average molecular weight is 294 g/mol. The highest BCUT2D eigenvalue weighted by Crippen LogP contribution is 2.19. The molecule has 88 valence electrons. The summed E-state index contributed by atoms with van der Waals surface area (Å²) < 4.78 is 25.3. The molecule has 0 spiro atoms. The van der Waals surface area contributed by atoms with Crippen LogP contribution in [0.1, 0.15) is 11.1 Å². The van der Waals surface area contributed by atoms with Crippen LogP contribution in [0.25, 0.3) is 0 Å². The Labute approximate surface area is 99.6 Å². The van der Waals surface area contributed by atoms with Gasteiger partial charge in [0.1, 0.15) is 0 Å². The van der Waals surface area contributed by atoms with Gasteiger partial charge in [0.15, 0.2) is 0 Å². The number of carboxylic acid groups (broad SMARTS) is 1. The summed E-state index contributed by atoms with van der Waals surface area (Å²) in [5.41, 5.74) is 1.00. The third-order valence-electron chi connectivity index (χ3n) is 1.97. The van der Waals surface area contributed by atoms with Crippen molar-refractivity contribution in [2.24, 2.45) is 0 Å². The van der Waals surface area contributed by atoms with Crippen LogP contribution in [0.2, 0.25) is 0 Å². The van der Waals surface area contributed by atoms with Crippen LogP contribution in [0, 0.1) is 0 Å². The molecule has 6 heteroatoms. The molecule has 0 saturated heterocycles. The first-order chi connectivity index (χ1) is 7.49. The predicted octanol–water partition coefficient (Wildman–Crippen LogP) is 3.02. The minimum atomic E-state index is -2.45. The highest BCUT2D eigenvalue weighted by molar-refractivity contribution is 9.10. The molecule has 0 saturated carbocycles. The molecule has 0 unspecified atom stereocenters. The Bertz CT molecular complexity index is 385. The molecule has 0 radical (unpaired) electrons. The molecule has 0 atom stereocenters. The molecule has 0 bridgehead atoms. The topological polar surface area (TPSA) is 49.3 Å². The van der Waals surface area contributed by atoms with Crippen molar-refractivity contribution < 1.29 is 18.7 Å². The monoisotopic (exact) mass is 293 g/mol. The fourth-order valence-corrected chi connectivity index (χ4v) is 1.70. The zero-order valence-corrected chi connectivity index (χ0v) is 9.80. The van der Waals surface area contributed by atoms with Gasteiger partial charge in [-0.05, 0) is 23.3 Å². The Hall–Kier alpha value is -1.17. The van der Waals surface area contributed by atoms with E-state index in [0.717, 1.165) is 0 Å². The van der Waals surface area contributed by atoms with Crippen LogP contribution in [0.3, 0.4) is 0 Å². The number of nitrogens with one attached hydrogen (secondary N) is 1. The standard InChI is InChI=1S/C10H10BrF2NO2/c11-8-2-1-6(5-14-10(15)16)7(3-8)4-9(12)13/h1-3,9,14H,4-5H2,(H,15,16). The van der Waals surface area contributed by atoms with Gasteiger partial charge >= 0.3 is 6.09 Å². The fraction of sp³-hybridized carbons (Fsp3) is 0.300. The van der Waals surface area contributed by atoms with Crippen LogP contribution in [-0.4, -0.2) is 17.6 Å². The quantitative estimate of drug-likeness (QED) is 0.896. The molecular weight excluding hydrogens is 284 g/mol. The van der Waals surface area contributed by atoms with Gasteiger partial charge in [0.25, 0.3) is 0 Å². The van der Waals surface area contributed by atoms with Crippen molar-refractivity contribution in [3.8, 4) is 0 Å². The van der Waals surface area contributed by atoms with Gasteiger partial charge in [-0.2, -0.15) is 0 Å². The van der Waals surface area contributed by atoms with E-state index < -0.39 is 12.5 Å². The summed E-state index contributed by atoms with van der Waals surface area (Å²) in [5.74, 6) is 0. The SMILES string of the molecule is O=C(O)NCc1ccc(Br)cc1CC(F)F.